The fourth-order valence-electron chi connectivity index (χ4n) is 1.51. The Bertz CT molecular complexity index is 316. The average molecular weight is 174 g/mol. The number of nitriles is 1. The third-order valence-electron chi connectivity index (χ3n) is 2.15. The molecule has 0 radical (unpaired) electrons. The molecular weight excluding hydrogens is 160 g/mol. The van der Waals surface area contributed by atoms with Crippen LogP contribution in [0.15, 0.2) is 18.2 Å². The lowest BCUT2D eigenvalue weighted by atomic mass is 10.1. The van der Waals surface area contributed by atoms with E-state index < -0.39 is 0 Å². The molecule has 0 aromatic heterocycles. The lowest BCUT2D eigenvalue weighted by Gasteiger charge is -2.18. The summed E-state index contributed by atoms with van der Waals surface area (Å²) >= 11 is 0. The number of hydrogen-bond donors (Lipinski definition) is 0. The molecule has 0 atom stereocenters. The van der Waals surface area contributed by atoms with Crippen molar-refractivity contribution >= 4 is 5.69 Å². The number of benzene rings is 1. The number of nitrogens with zero attached hydrogens (tertiary/aromatic N) is 2. The van der Waals surface area contributed by atoms with Crippen LogP contribution in [-0.4, -0.2) is 6.54 Å². The maximum atomic E-state index is 8.90. The lowest BCUT2D eigenvalue weighted by molar-refractivity contribution is 1.01. The van der Waals surface area contributed by atoms with Crippen LogP contribution in [0.5, 0.6) is 0 Å². The van der Waals surface area contributed by atoms with Gasteiger partial charge in [0.2, 0.25) is 0 Å². The Kier molecular flexibility index (Phi) is 2.92. The van der Waals surface area contributed by atoms with Gasteiger partial charge in [-0.3, -0.25) is 4.90 Å². The first-order chi connectivity index (χ1) is 6.20. The molecule has 1 aromatic rings. The van der Waals surface area contributed by atoms with E-state index in [1.165, 1.54) is 0 Å². The molecular formula is C11H14N2. The van der Waals surface area contributed by atoms with Gasteiger partial charge in [0.15, 0.2) is 6.19 Å². The minimum Gasteiger partial charge on any atom is -0.279 e. The first kappa shape index (κ1) is 9.60. The molecule has 0 fully saturated rings. The van der Waals surface area contributed by atoms with Crippen molar-refractivity contribution in [3.63, 3.8) is 0 Å². The zero-order valence-corrected chi connectivity index (χ0v) is 8.33. The van der Waals surface area contributed by atoms with Crippen molar-refractivity contribution in [2.24, 2.45) is 0 Å². The fraction of sp³-hybridized carbons (Fsp3) is 0.364. The van der Waals surface area contributed by atoms with Crippen molar-refractivity contribution in [3.05, 3.63) is 29.3 Å². The Balaban J connectivity index is 3.20. The topological polar surface area (TPSA) is 27.0 Å². The molecule has 13 heavy (non-hydrogen) atoms. The quantitative estimate of drug-likeness (QED) is 0.509. The molecule has 1 aromatic carbocycles. The highest BCUT2D eigenvalue weighted by molar-refractivity contribution is 5.61. The molecule has 0 aliphatic heterocycles. The largest absolute Gasteiger partial charge is 0.279 e. The second-order valence-electron chi connectivity index (χ2n) is 3.08. The van der Waals surface area contributed by atoms with Crippen molar-refractivity contribution in [3.8, 4) is 6.19 Å². The molecule has 0 unspecified atom stereocenters. The van der Waals surface area contributed by atoms with Gasteiger partial charge in [-0.2, -0.15) is 5.26 Å². The standard InChI is InChI=1S/C11H14N2/c1-4-13(8-12)11-9(2)6-5-7-10(11)3/h5-7H,4H2,1-3H3. The van der Waals surface area contributed by atoms with Crippen molar-refractivity contribution < 1.29 is 0 Å². The Hall–Kier alpha value is -1.49. The predicted molar refractivity (Wildman–Crippen MR) is 54.5 cm³/mol. The Labute approximate surface area is 79.4 Å². The van der Waals surface area contributed by atoms with E-state index in [1.807, 2.05) is 39.0 Å². The van der Waals surface area contributed by atoms with Crippen molar-refractivity contribution in [1.82, 2.24) is 0 Å². The summed E-state index contributed by atoms with van der Waals surface area (Å²) in [7, 11) is 0. The van der Waals surface area contributed by atoms with Crippen LogP contribution in [0, 0.1) is 25.3 Å². The third kappa shape index (κ3) is 1.81. The normalized spacial score (nSPS) is 9.38. The molecule has 0 aliphatic carbocycles. The predicted octanol–water partition coefficient (Wildman–Crippen LogP) is 2.61. The second kappa shape index (κ2) is 3.95. The van der Waals surface area contributed by atoms with Crippen LogP contribution in [0.3, 0.4) is 0 Å². The van der Waals surface area contributed by atoms with E-state index in [0.29, 0.717) is 0 Å². The summed E-state index contributed by atoms with van der Waals surface area (Å²) in [6, 6.07) is 6.07. The van der Waals surface area contributed by atoms with Gasteiger partial charge in [0.05, 0.1) is 5.69 Å². The highest BCUT2D eigenvalue weighted by atomic mass is 15.1. The van der Waals surface area contributed by atoms with Crippen LogP contribution in [0.4, 0.5) is 5.69 Å². The zero-order valence-electron chi connectivity index (χ0n) is 8.33. The Morgan fingerprint density at radius 3 is 2.23 bits per heavy atom. The van der Waals surface area contributed by atoms with Crippen LogP contribution in [0.25, 0.3) is 0 Å². The summed E-state index contributed by atoms with van der Waals surface area (Å²) in [5.41, 5.74) is 3.36. The minimum absolute atomic E-state index is 0.724. The van der Waals surface area contributed by atoms with E-state index in [2.05, 4.69) is 6.19 Å². The molecule has 0 saturated heterocycles. The van der Waals surface area contributed by atoms with E-state index in [9.17, 15) is 0 Å². The fourth-order valence-corrected chi connectivity index (χ4v) is 1.51. The molecule has 0 N–H and O–H groups in total. The smallest absolute Gasteiger partial charge is 0.184 e. The van der Waals surface area contributed by atoms with Gasteiger partial charge in [0, 0.05) is 6.54 Å². The number of aryl methyl sites for hydroxylation is 2. The van der Waals surface area contributed by atoms with Gasteiger partial charge in [0.1, 0.15) is 0 Å². The number of anilines is 1. The molecule has 2 heteroatoms. The van der Waals surface area contributed by atoms with Crippen molar-refractivity contribution in [1.29, 1.82) is 5.26 Å². The van der Waals surface area contributed by atoms with Crippen LogP contribution in [0.1, 0.15) is 18.1 Å². The zero-order chi connectivity index (χ0) is 9.84. The van der Waals surface area contributed by atoms with E-state index in [1.54, 1.807) is 4.90 Å². The molecule has 0 amide bonds. The summed E-state index contributed by atoms with van der Waals surface area (Å²) in [6.45, 7) is 6.77. The molecule has 2 nitrogen and oxygen atoms in total. The SMILES string of the molecule is CCN(C#N)c1c(C)cccc1C. The molecule has 0 bridgehead atoms. The van der Waals surface area contributed by atoms with Crippen LogP contribution in [0.2, 0.25) is 0 Å². The van der Waals surface area contributed by atoms with Crippen LogP contribution < -0.4 is 4.90 Å². The van der Waals surface area contributed by atoms with E-state index in [-0.39, 0.29) is 0 Å². The van der Waals surface area contributed by atoms with Gasteiger partial charge in [-0.05, 0) is 31.9 Å². The van der Waals surface area contributed by atoms with Gasteiger partial charge in [-0.25, -0.2) is 0 Å². The van der Waals surface area contributed by atoms with Crippen LogP contribution >= 0.6 is 0 Å². The summed E-state index contributed by atoms with van der Waals surface area (Å²) < 4.78 is 0. The number of para-hydroxylation sites is 1. The summed E-state index contributed by atoms with van der Waals surface area (Å²) in [5.74, 6) is 0. The van der Waals surface area contributed by atoms with Gasteiger partial charge in [-0.1, -0.05) is 18.2 Å². The highest BCUT2D eigenvalue weighted by Crippen LogP contribution is 2.23. The van der Waals surface area contributed by atoms with Crippen molar-refractivity contribution in [2.45, 2.75) is 20.8 Å². The average Bonchev–Trinajstić information content (AvgIpc) is 2.11. The summed E-state index contributed by atoms with van der Waals surface area (Å²) in [5, 5.41) is 8.90. The highest BCUT2D eigenvalue weighted by Gasteiger charge is 2.08. The van der Waals surface area contributed by atoms with Crippen LogP contribution in [-0.2, 0) is 0 Å². The molecule has 68 valence electrons. The van der Waals surface area contributed by atoms with E-state index >= 15 is 0 Å². The third-order valence-corrected chi connectivity index (χ3v) is 2.15. The maximum absolute atomic E-state index is 8.90. The van der Waals surface area contributed by atoms with Gasteiger partial charge in [-0.15, -0.1) is 0 Å². The molecule has 0 saturated carbocycles. The Morgan fingerprint density at radius 2 is 1.85 bits per heavy atom. The lowest BCUT2D eigenvalue weighted by Crippen LogP contribution is -2.17. The first-order valence-electron chi connectivity index (χ1n) is 4.44. The maximum Gasteiger partial charge on any atom is 0.184 e. The Morgan fingerprint density at radius 1 is 1.31 bits per heavy atom. The minimum atomic E-state index is 0.724. The first-order valence-corrected chi connectivity index (χ1v) is 4.44. The van der Waals surface area contributed by atoms with E-state index in [4.69, 9.17) is 5.26 Å². The second-order valence-corrected chi connectivity index (χ2v) is 3.08. The van der Waals surface area contributed by atoms with Gasteiger partial charge in [0.25, 0.3) is 0 Å². The van der Waals surface area contributed by atoms with E-state index in [0.717, 1.165) is 23.4 Å². The van der Waals surface area contributed by atoms with Gasteiger partial charge < -0.3 is 0 Å². The number of hydrogen-bond acceptors (Lipinski definition) is 2. The summed E-state index contributed by atoms with van der Waals surface area (Å²) in [4.78, 5) is 1.71. The van der Waals surface area contributed by atoms with Gasteiger partial charge >= 0.3 is 0 Å². The molecule has 1 rings (SSSR count). The van der Waals surface area contributed by atoms with Crippen molar-refractivity contribution in [2.75, 3.05) is 11.4 Å². The molecule has 0 heterocycles. The monoisotopic (exact) mass is 174 g/mol. The summed E-state index contributed by atoms with van der Waals surface area (Å²) in [6.07, 6.45) is 2.18. The number of rotatable bonds is 2. The molecule has 0 spiro atoms. The molecule has 0 aliphatic rings.